The molecule has 0 radical (unpaired) electrons. The van der Waals surface area contributed by atoms with E-state index >= 15 is 0 Å². The van der Waals surface area contributed by atoms with Crippen molar-refractivity contribution in [1.82, 2.24) is 5.01 Å². The van der Waals surface area contributed by atoms with Crippen molar-refractivity contribution >= 4 is 6.72 Å². The Morgan fingerprint density at radius 3 is 1.65 bits per heavy atom. The minimum Gasteiger partial charge on any atom is -0.382 e. The quantitative estimate of drug-likeness (QED) is 0.229. The fourth-order valence-electron chi connectivity index (χ4n) is 1.54. The Bertz CT molecular complexity index is 296. The third-order valence-corrected chi connectivity index (χ3v) is 2.60. The zero-order valence-corrected chi connectivity index (χ0v) is 14.8. The van der Waals surface area contributed by atoms with Crippen LogP contribution in [0.4, 0.5) is 0 Å². The second kappa shape index (κ2) is 17.4. The lowest BCUT2D eigenvalue weighted by molar-refractivity contribution is -0.00857. The third kappa shape index (κ3) is 17.2. The molecule has 0 aromatic heterocycles. The van der Waals surface area contributed by atoms with Gasteiger partial charge in [0.1, 0.15) is 0 Å². The minimum absolute atomic E-state index is 0.553. The van der Waals surface area contributed by atoms with Crippen LogP contribution in [-0.2, 0) is 23.7 Å². The number of hydrogen-bond acceptors (Lipinski definition) is 7. The molecule has 0 aliphatic rings. The molecule has 0 amide bonds. The summed E-state index contributed by atoms with van der Waals surface area (Å²) in [5.74, 6) is 0. The van der Waals surface area contributed by atoms with Gasteiger partial charge < -0.3 is 23.7 Å². The van der Waals surface area contributed by atoms with Crippen LogP contribution >= 0.6 is 0 Å². The maximum Gasteiger partial charge on any atom is 0.0701 e. The Hall–Kier alpha value is -0.990. The largest absolute Gasteiger partial charge is 0.382 e. The highest BCUT2D eigenvalue weighted by atomic mass is 16.6. The van der Waals surface area contributed by atoms with Crippen molar-refractivity contribution in [1.29, 1.82) is 0 Å². The molecule has 0 unspecified atom stereocenters. The van der Waals surface area contributed by atoms with Crippen molar-refractivity contribution in [3.05, 3.63) is 11.8 Å². The van der Waals surface area contributed by atoms with Crippen LogP contribution in [0.2, 0.25) is 0 Å². The summed E-state index contributed by atoms with van der Waals surface area (Å²) in [5, 5.41) is 5.65. The highest BCUT2D eigenvalue weighted by Crippen LogP contribution is 1.96. The zero-order chi connectivity index (χ0) is 17.2. The van der Waals surface area contributed by atoms with Gasteiger partial charge in [-0.05, 0) is 13.8 Å². The molecule has 0 aromatic rings. The maximum atomic E-state index is 5.47. The fraction of sp³-hybridized carbons (Fsp3) is 0.812. The lowest BCUT2D eigenvalue weighted by Gasteiger charge is -2.14. The highest BCUT2D eigenvalue weighted by Gasteiger charge is 1.97. The van der Waals surface area contributed by atoms with Gasteiger partial charge in [-0.25, -0.2) is 0 Å². The molecule has 7 nitrogen and oxygen atoms in total. The van der Waals surface area contributed by atoms with E-state index in [1.54, 1.807) is 12.1 Å². The van der Waals surface area contributed by atoms with Crippen molar-refractivity contribution in [3.63, 3.8) is 0 Å². The van der Waals surface area contributed by atoms with Crippen LogP contribution in [0, 0.1) is 0 Å². The molecule has 23 heavy (non-hydrogen) atoms. The molecule has 0 heterocycles. The summed E-state index contributed by atoms with van der Waals surface area (Å²) in [5.41, 5.74) is 1.17. The monoisotopic (exact) mass is 332 g/mol. The number of ether oxygens (including phenoxy) is 5. The summed E-state index contributed by atoms with van der Waals surface area (Å²) < 4.78 is 26.4. The van der Waals surface area contributed by atoms with E-state index < -0.39 is 0 Å². The minimum atomic E-state index is 0.553. The van der Waals surface area contributed by atoms with E-state index in [1.807, 2.05) is 20.0 Å². The van der Waals surface area contributed by atoms with E-state index in [4.69, 9.17) is 23.7 Å². The summed E-state index contributed by atoms with van der Waals surface area (Å²) in [6, 6.07) is 0. The first-order valence-electron chi connectivity index (χ1n) is 7.89. The smallest absolute Gasteiger partial charge is 0.0701 e. The van der Waals surface area contributed by atoms with Gasteiger partial charge in [0, 0.05) is 20.0 Å². The molecular formula is C16H32N2O5. The van der Waals surface area contributed by atoms with Crippen LogP contribution in [0.15, 0.2) is 16.9 Å². The Kier molecular flexibility index (Phi) is 16.6. The molecular weight excluding hydrogens is 300 g/mol. The SMILES string of the molecule is C=NN(C=C(C)C)CCOCCOCCOCCOCCOC. The first-order valence-corrected chi connectivity index (χ1v) is 7.89. The van der Waals surface area contributed by atoms with Gasteiger partial charge in [0.05, 0.1) is 66.0 Å². The normalized spacial score (nSPS) is 10.6. The van der Waals surface area contributed by atoms with Gasteiger partial charge in [-0.3, -0.25) is 5.01 Å². The second-order valence-electron chi connectivity index (χ2n) is 4.95. The lowest BCUT2D eigenvalue weighted by atomic mass is 10.4. The number of nitrogens with zero attached hydrogens (tertiary/aromatic N) is 2. The predicted octanol–water partition coefficient (Wildman–Crippen LogP) is 1.54. The molecule has 0 aliphatic carbocycles. The predicted molar refractivity (Wildman–Crippen MR) is 90.8 cm³/mol. The van der Waals surface area contributed by atoms with Crippen LogP contribution in [0.5, 0.6) is 0 Å². The summed E-state index contributed by atoms with van der Waals surface area (Å²) in [6.45, 7) is 13.4. The van der Waals surface area contributed by atoms with Crippen LogP contribution in [0.1, 0.15) is 13.8 Å². The van der Waals surface area contributed by atoms with Gasteiger partial charge in [0.2, 0.25) is 0 Å². The molecule has 0 N–H and O–H groups in total. The van der Waals surface area contributed by atoms with Crippen molar-refractivity contribution in [2.45, 2.75) is 13.8 Å². The van der Waals surface area contributed by atoms with E-state index in [1.165, 1.54) is 5.57 Å². The molecule has 0 atom stereocenters. The fourth-order valence-corrected chi connectivity index (χ4v) is 1.54. The number of hydrogen-bond donors (Lipinski definition) is 0. The summed E-state index contributed by atoms with van der Waals surface area (Å²) >= 11 is 0. The van der Waals surface area contributed by atoms with E-state index in [0.29, 0.717) is 66.0 Å². The third-order valence-electron chi connectivity index (χ3n) is 2.60. The average molecular weight is 332 g/mol. The molecule has 0 saturated heterocycles. The Labute approximate surface area is 140 Å². The van der Waals surface area contributed by atoms with Crippen molar-refractivity contribution < 1.29 is 23.7 Å². The Morgan fingerprint density at radius 2 is 1.26 bits per heavy atom. The maximum absolute atomic E-state index is 5.47. The number of allylic oxidation sites excluding steroid dienone is 1. The van der Waals surface area contributed by atoms with E-state index in [9.17, 15) is 0 Å². The molecule has 0 rings (SSSR count). The summed E-state index contributed by atoms with van der Waals surface area (Å²) in [7, 11) is 1.65. The number of rotatable bonds is 17. The topological polar surface area (TPSA) is 61.8 Å². The molecule has 136 valence electrons. The standard InChI is InChI=1S/C16H32N2O5/c1-16(2)15-18(17-3)5-6-20-9-10-22-13-14-23-12-11-21-8-7-19-4/h15H,3,5-14H2,1-2,4H3. The van der Waals surface area contributed by atoms with Crippen molar-refractivity contribution in [2.24, 2.45) is 5.10 Å². The van der Waals surface area contributed by atoms with Gasteiger partial charge in [0.25, 0.3) is 0 Å². The first-order chi connectivity index (χ1) is 11.2. The van der Waals surface area contributed by atoms with Gasteiger partial charge in [-0.15, -0.1) is 0 Å². The molecule has 0 aliphatic heterocycles. The Balaban J connectivity index is 3.21. The molecule has 0 fully saturated rings. The Morgan fingerprint density at radius 1 is 0.826 bits per heavy atom. The number of hydrazone groups is 1. The summed E-state index contributed by atoms with van der Waals surface area (Å²) in [6.07, 6.45) is 1.93. The molecule has 0 spiro atoms. The highest BCUT2D eigenvalue weighted by molar-refractivity contribution is 5.22. The summed E-state index contributed by atoms with van der Waals surface area (Å²) in [4.78, 5) is 0. The van der Waals surface area contributed by atoms with Crippen LogP contribution < -0.4 is 0 Å². The van der Waals surface area contributed by atoms with E-state index in [-0.39, 0.29) is 0 Å². The van der Waals surface area contributed by atoms with E-state index in [0.717, 1.165) is 0 Å². The molecule has 7 heteroatoms. The van der Waals surface area contributed by atoms with Crippen molar-refractivity contribution in [3.8, 4) is 0 Å². The van der Waals surface area contributed by atoms with Crippen LogP contribution in [0.25, 0.3) is 0 Å². The molecule has 0 saturated carbocycles. The van der Waals surface area contributed by atoms with Gasteiger partial charge >= 0.3 is 0 Å². The van der Waals surface area contributed by atoms with Crippen LogP contribution in [0.3, 0.4) is 0 Å². The second-order valence-corrected chi connectivity index (χ2v) is 4.95. The van der Waals surface area contributed by atoms with Crippen molar-refractivity contribution in [2.75, 3.05) is 73.1 Å². The van der Waals surface area contributed by atoms with Gasteiger partial charge in [-0.2, -0.15) is 5.10 Å². The molecule has 0 aromatic carbocycles. The van der Waals surface area contributed by atoms with Gasteiger partial charge in [-0.1, -0.05) is 5.57 Å². The van der Waals surface area contributed by atoms with Gasteiger partial charge in [0.15, 0.2) is 0 Å². The average Bonchev–Trinajstić information content (AvgIpc) is 2.53. The van der Waals surface area contributed by atoms with Crippen LogP contribution in [-0.4, -0.2) is 84.8 Å². The van der Waals surface area contributed by atoms with E-state index in [2.05, 4.69) is 11.8 Å². The molecule has 0 bridgehead atoms. The number of methoxy groups -OCH3 is 1. The first kappa shape index (κ1) is 22.0. The lowest BCUT2D eigenvalue weighted by Crippen LogP contribution is -2.18. The zero-order valence-electron chi connectivity index (χ0n) is 14.8.